The summed E-state index contributed by atoms with van der Waals surface area (Å²) in [6.45, 7) is 6.47. The summed E-state index contributed by atoms with van der Waals surface area (Å²) in [6.07, 6.45) is 7.40. The molecule has 1 aromatic carbocycles. The van der Waals surface area contributed by atoms with Crippen LogP contribution in [0, 0.1) is 31.1 Å². The zero-order valence-electron chi connectivity index (χ0n) is 14.5. The lowest BCUT2D eigenvalue weighted by Gasteiger charge is -2.35. The standard InChI is InChI=1S/C20H22N4/c1-5-12-23-14-18-20(24(6-2)15-23)21-19(22(18)4)11-10-17-9-7-8-16(3)13-17/h1,7-9,13-14,19H,6,12,15H2,2-4H3. The van der Waals surface area contributed by atoms with Crippen LogP contribution in [0.4, 0.5) is 0 Å². The van der Waals surface area contributed by atoms with Gasteiger partial charge in [-0.1, -0.05) is 24.0 Å². The van der Waals surface area contributed by atoms with Gasteiger partial charge in [0.15, 0.2) is 12.0 Å². The zero-order valence-corrected chi connectivity index (χ0v) is 14.5. The molecule has 0 bridgehead atoms. The van der Waals surface area contributed by atoms with E-state index in [9.17, 15) is 0 Å². The Morgan fingerprint density at radius 3 is 2.92 bits per heavy atom. The van der Waals surface area contributed by atoms with Crippen molar-refractivity contribution >= 4 is 5.84 Å². The van der Waals surface area contributed by atoms with Crippen molar-refractivity contribution in [2.24, 2.45) is 4.99 Å². The van der Waals surface area contributed by atoms with E-state index in [-0.39, 0.29) is 6.17 Å². The largest absolute Gasteiger partial charge is 0.347 e. The van der Waals surface area contributed by atoms with Gasteiger partial charge in [0.2, 0.25) is 0 Å². The van der Waals surface area contributed by atoms with E-state index in [1.165, 1.54) is 5.56 Å². The monoisotopic (exact) mass is 318 g/mol. The van der Waals surface area contributed by atoms with Crippen LogP contribution in [0.15, 0.2) is 41.2 Å². The molecular formula is C20H22N4. The highest BCUT2D eigenvalue weighted by molar-refractivity contribution is 6.00. The van der Waals surface area contributed by atoms with E-state index in [0.29, 0.717) is 6.54 Å². The number of nitrogens with zero attached hydrogens (tertiary/aromatic N) is 4. The first-order valence-electron chi connectivity index (χ1n) is 8.16. The molecule has 0 saturated heterocycles. The fraction of sp³-hybridized carbons (Fsp3) is 0.350. The Labute approximate surface area is 144 Å². The third kappa shape index (κ3) is 3.09. The highest BCUT2D eigenvalue weighted by Crippen LogP contribution is 2.25. The molecule has 1 atom stereocenters. The second-order valence-electron chi connectivity index (χ2n) is 6.04. The van der Waals surface area contributed by atoms with Crippen molar-refractivity contribution < 1.29 is 0 Å². The Morgan fingerprint density at radius 1 is 1.38 bits per heavy atom. The van der Waals surface area contributed by atoms with Crippen molar-refractivity contribution in [3.63, 3.8) is 0 Å². The van der Waals surface area contributed by atoms with E-state index in [1.54, 1.807) is 0 Å². The van der Waals surface area contributed by atoms with Crippen LogP contribution in [0.1, 0.15) is 18.1 Å². The number of hydrogen-bond acceptors (Lipinski definition) is 4. The summed E-state index contributed by atoms with van der Waals surface area (Å²) < 4.78 is 0. The Balaban J connectivity index is 1.87. The van der Waals surface area contributed by atoms with Crippen molar-refractivity contribution in [3.8, 4) is 24.2 Å². The molecule has 1 aromatic rings. The number of hydrogen-bond donors (Lipinski definition) is 0. The normalized spacial score (nSPS) is 19.1. The first-order valence-corrected chi connectivity index (χ1v) is 8.16. The summed E-state index contributed by atoms with van der Waals surface area (Å²) >= 11 is 0. The number of aryl methyl sites for hydroxylation is 1. The molecule has 122 valence electrons. The van der Waals surface area contributed by atoms with Crippen molar-refractivity contribution in [1.29, 1.82) is 0 Å². The number of rotatable bonds is 2. The van der Waals surface area contributed by atoms with Gasteiger partial charge in [-0.25, -0.2) is 4.99 Å². The van der Waals surface area contributed by atoms with Gasteiger partial charge in [-0.15, -0.1) is 6.42 Å². The maximum atomic E-state index is 5.46. The Kier molecular flexibility index (Phi) is 4.49. The van der Waals surface area contributed by atoms with E-state index in [1.807, 2.05) is 19.2 Å². The lowest BCUT2D eigenvalue weighted by Crippen LogP contribution is -2.45. The van der Waals surface area contributed by atoms with Crippen LogP contribution in [0.25, 0.3) is 0 Å². The number of aliphatic imine (C=N–C) groups is 1. The first kappa shape index (κ1) is 16.0. The number of benzene rings is 1. The fourth-order valence-electron chi connectivity index (χ4n) is 2.91. The van der Waals surface area contributed by atoms with Crippen LogP contribution in [0.2, 0.25) is 0 Å². The van der Waals surface area contributed by atoms with Crippen LogP contribution in [-0.2, 0) is 0 Å². The van der Waals surface area contributed by atoms with Gasteiger partial charge in [-0.2, -0.15) is 0 Å². The van der Waals surface area contributed by atoms with Crippen LogP contribution in [0.5, 0.6) is 0 Å². The van der Waals surface area contributed by atoms with Gasteiger partial charge < -0.3 is 14.7 Å². The zero-order chi connectivity index (χ0) is 17.1. The second-order valence-corrected chi connectivity index (χ2v) is 6.04. The molecule has 2 heterocycles. The maximum Gasteiger partial charge on any atom is 0.186 e. The van der Waals surface area contributed by atoms with Crippen LogP contribution in [0.3, 0.4) is 0 Å². The highest BCUT2D eigenvalue weighted by atomic mass is 15.4. The molecule has 0 radical (unpaired) electrons. The topological polar surface area (TPSA) is 22.1 Å². The predicted octanol–water partition coefficient (Wildman–Crippen LogP) is 2.09. The molecular weight excluding hydrogens is 296 g/mol. The lowest BCUT2D eigenvalue weighted by atomic mass is 10.1. The van der Waals surface area contributed by atoms with Gasteiger partial charge in [-0.05, 0) is 37.5 Å². The summed E-state index contributed by atoms with van der Waals surface area (Å²) in [5.74, 6) is 10.3. The minimum absolute atomic E-state index is 0.161. The average molecular weight is 318 g/mol. The molecule has 0 fully saturated rings. The van der Waals surface area contributed by atoms with E-state index >= 15 is 0 Å². The molecule has 3 rings (SSSR count). The summed E-state index contributed by atoms with van der Waals surface area (Å²) in [5.41, 5.74) is 3.32. The Bertz CT molecular complexity index is 788. The van der Waals surface area contributed by atoms with Crippen LogP contribution >= 0.6 is 0 Å². The molecule has 0 aliphatic carbocycles. The van der Waals surface area contributed by atoms with Gasteiger partial charge in [0.05, 0.1) is 18.9 Å². The van der Waals surface area contributed by atoms with Crippen molar-refractivity contribution in [2.45, 2.75) is 20.0 Å². The second kappa shape index (κ2) is 6.72. The van der Waals surface area contributed by atoms with E-state index in [2.05, 4.69) is 64.6 Å². The minimum Gasteiger partial charge on any atom is -0.347 e. The quantitative estimate of drug-likeness (QED) is 0.780. The van der Waals surface area contributed by atoms with Gasteiger partial charge in [-0.3, -0.25) is 0 Å². The molecule has 1 unspecified atom stereocenters. The third-order valence-corrected chi connectivity index (χ3v) is 4.22. The molecule has 24 heavy (non-hydrogen) atoms. The predicted molar refractivity (Wildman–Crippen MR) is 97.9 cm³/mol. The minimum atomic E-state index is -0.161. The van der Waals surface area contributed by atoms with Crippen molar-refractivity contribution in [2.75, 3.05) is 26.8 Å². The Morgan fingerprint density at radius 2 is 2.21 bits per heavy atom. The molecule has 0 aromatic heterocycles. The van der Waals surface area contributed by atoms with Gasteiger partial charge in [0.1, 0.15) is 0 Å². The van der Waals surface area contributed by atoms with Crippen molar-refractivity contribution in [3.05, 3.63) is 47.3 Å². The van der Waals surface area contributed by atoms with Crippen molar-refractivity contribution in [1.82, 2.24) is 14.7 Å². The van der Waals surface area contributed by atoms with Gasteiger partial charge in [0, 0.05) is 25.4 Å². The van der Waals surface area contributed by atoms with E-state index in [0.717, 1.165) is 30.3 Å². The molecule has 4 heteroatoms. The van der Waals surface area contributed by atoms with Crippen LogP contribution in [-0.4, -0.2) is 53.5 Å². The van der Waals surface area contributed by atoms with E-state index in [4.69, 9.17) is 11.4 Å². The average Bonchev–Trinajstić information content (AvgIpc) is 2.89. The third-order valence-electron chi connectivity index (χ3n) is 4.22. The lowest BCUT2D eigenvalue weighted by molar-refractivity contribution is 0.253. The highest BCUT2D eigenvalue weighted by Gasteiger charge is 2.33. The molecule has 0 spiro atoms. The molecule has 2 aliphatic rings. The molecule has 2 aliphatic heterocycles. The first-order chi connectivity index (χ1) is 11.6. The molecule has 4 nitrogen and oxygen atoms in total. The van der Waals surface area contributed by atoms with Crippen LogP contribution < -0.4 is 0 Å². The number of likely N-dealkylation sites (N-methyl/N-ethyl adjacent to an activating group) is 2. The van der Waals surface area contributed by atoms with E-state index < -0.39 is 0 Å². The number of fused-ring (bicyclic) bond motifs is 1. The summed E-state index contributed by atoms with van der Waals surface area (Å²) in [5, 5.41) is 0. The summed E-state index contributed by atoms with van der Waals surface area (Å²) in [4.78, 5) is 11.3. The number of amidine groups is 1. The fourth-order valence-corrected chi connectivity index (χ4v) is 2.91. The summed E-state index contributed by atoms with van der Waals surface area (Å²) in [7, 11) is 2.03. The molecule has 0 amide bonds. The SMILES string of the molecule is C#CCN1C=C2C(=NC(C#Cc3cccc(C)c3)N2C)N(CC)C1. The smallest absolute Gasteiger partial charge is 0.186 e. The Hall–Kier alpha value is -2.85. The van der Waals surface area contributed by atoms with Gasteiger partial charge >= 0.3 is 0 Å². The molecule has 0 N–H and O–H groups in total. The maximum absolute atomic E-state index is 5.46. The number of terminal acetylenes is 1. The molecule has 0 saturated carbocycles. The summed E-state index contributed by atoms with van der Waals surface area (Å²) in [6, 6.07) is 8.23. The van der Waals surface area contributed by atoms with Gasteiger partial charge in [0.25, 0.3) is 0 Å².